The third-order valence-electron chi connectivity index (χ3n) is 6.77. The number of para-hydroxylation sites is 1. The zero-order chi connectivity index (χ0) is 24.2. The van der Waals surface area contributed by atoms with Gasteiger partial charge in [-0.15, -0.1) is 0 Å². The van der Waals surface area contributed by atoms with Crippen molar-refractivity contribution in [2.45, 2.75) is 32.4 Å². The number of pyridine rings is 1. The van der Waals surface area contributed by atoms with Gasteiger partial charge in [0.15, 0.2) is 0 Å². The van der Waals surface area contributed by atoms with Crippen molar-refractivity contribution in [3.8, 4) is 11.1 Å². The summed E-state index contributed by atoms with van der Waals surface area (Å²) in [5.41, 5.74) is 5.70. The van der Waals surface area contributed by atoms with Crippen LogP contribution in [0.25, 0.3) is 22.0 Å². The topological polar surface area (TPSA) is 36.4 Å². The number of aromatic nitrogens is 1. The fourth-order valence-corrected chi connectivity index (χ4v) is 4.85. The minimum absolute atomic E-state index is 0.0469. The quantitative estimate of drug-likeness (QED) is 0.334. The van der Waals surface area contributed by atoms with Crippen LogP contribution in [-0.4, -0.2) is 40.8 Å². The highest BCUT2D eigenvalue weighted by Crippen LogP contribution is 2.23. The number of carbonyl (C=O) groups is 1. The predicted molar refractivity (Wildman–Crippen MR) is 139 cm³/mol. The molecule has 1 amide bonds. The number of hydrogen-bond acceptors (Lipinski definition) is 3. The zero-order valence-corrected chi connectivity index (χ0v) is 20.1. The van der Waals surface area contributed by atoms with E-state index in [9.17, 15) is 9.18 Å². The molecule has 1 aliphatic heterocycles. The number of benzene rings is 3. The van der Waals surface area contributed by atoms with Crippen LogP contribution in [0.1, 0.15) is 40.7 Å². The Kier molecular flexibility index (Phi) is 6.87. The number of fused-ring (bicyclic) bond motifs is 1. The number of halogens is 1. The third kappa shape index (κ3) is 5.41. The molecule has 0 saturated carbocycles. The Morgan fingerprint density at radius 2 is 1.63 bits per heavy atom. The fraction of sp³-hybridized carbons (Fsp3) is 0.267. The lowest BCUT2D eigenvalue weighted by molar-refractivity contribution is 0.0785. The van der Waals surface area contributed by atoms with E-state index in [0.29, 0.717) is 12.1 Å². The number of nitrogens with zero attached hydrogens (tertiary/aromatic N) is 3. The van der Waals surface area contributed by atoms with Gasteiger partial charge >= 0.3 is 0 Å². The van der Waals surface area contributed by atoms with Crippen molar-refractivity contribution < 1.29 is 9.18 Å². The first-order valence-corrected chi connectivity index (χ1v) is 12.3. The summed E-state index contributed by atoms with van der Waals surface area (Å²) in [6, 6.07) is 22.2. The third-order valence-corrected chi connectivity index (χ3v) is 6.77. The van der Waals surface area contributed by atoms with E-state index in [1.54, 1.807) is 17.0 Å². The molecular formula is C30H30FN3O. The molecule has 4 nitrogen and oxygen atoms in total. The standard InChI is InChI=1S/C30H30FN3O/c1-33(30(35)25-10-8-23(9-11-25)24-12-14-28(31)15-13-24)21-27-7-5-6-26-18-22(19-32-29(26)27)20-34-16-3-2-4-17-34/h5-15,18-19H,2-4,16-17,20-21H2,1H3. The van der Waals surface area contributed by atoms with Crippen LogP contribution in [0.4, 0.5) is 4.39 Å². The maximum atomic E-state index is 13.2. The maximum Gasteiger partial charge on any atom is 0.253 e. The summed E-state index contributed by atoms with van der Waals surface area (Å²) in [5, 5.41) is 1.11. The highest BCUT2D eigenvalue weighted by molar-refractivity contribution is 5.95. The SMILES string of the molecule is CN(Cc1cccc2cc(CN3CCCCC3)cnc12)C(=O)c1ccc(-c2ccc(F)cc2)cc1. The van der Waals surface area contributed by atoms with Gasteiger partial charge in [-0.1, -0.05) is 48.9 Å². The van der Waals surface area contributed by atoms with E-state index in [2.05, 4.69) is 17.0 Å². The normalized spacial score (nSPS) is 14.2. The minimum Gasteiger partial charge on any atom is -0.337 e. The van der Waals surface area contributed by atoms with E-state index in [-0.39, 0.29) is 11.7 Å². The van der Waals surface area contributed by atoms with E-state index in [4.69, 9.17) is 4.98 Å². The molecule has 0 atom stereocenters. The number of rotatable bonds is 6. The monoisotopic (exact) mass is 467 g/mol. The van der Waals surface area contributed by atoms with Crippen LogP contribution < -0.4 is 0 Å². The Morgan fingerprint density at radius 3 is 2.34 bits per heavy atom. The summed E-state index contributed by atoms with van der Waals surface area (Å²) >= 11 is 0. The molecule has 178 valence electrons. The summed E-state index contributed by atoms with van der Waals surface area (Å²) in [6.07, 6.45) is 5.87. The Morgan fingerprint density at radius 1 is 0.943 bits per heavy atom. The van der Waals surface area contributed by atoms with Crippen LogP contribution in [0.5, 0.6) is 0 Å². The van der Waals surface area contributed by atoms with Gasteiger partial charge in [0.1, 0.15) is 5.82 Å². The van der Waals surface area contributed by atoms with Gasteiger partial charge in [-0.05, 0) is 78.5 Å². The molecule has 0 bridgehead atoms. The van der Waals surface area contributed by atoms with Crippen molar-refractivity contribution in [3.05, 3.63) is 102 Å². The van der Waals surface area contributed by atoms with Gasteiger partial charge < -0.3 is 4.90 Å². The van der Waals surface area contributed by atoms with Crippen molar-refractivity contribution in [3.63, 3.8) is 0 Å². The molecule has 0 aliphatic carbocycles. The highest BCUT2D eigenvalue weighted by Gasteiger charge is 2.15. The molecule has 0 unspecified atom stereocenters. The molecule has 1 aromatic heterocycles. The summed E-state index contributed by atoms with van der Waals surface area (Å²) < 4.78 is 13.2. The summed E-state index contributed by atoms with van der Waals surface area (Å²) in [5.74, 6) is -0.308. The molecule has 0 N–H and O–H groups in total. The summed E-state index contributed by atoms with van der Waals surface area (Å²) in [7, 11) is 1.82. The van der Waals surface area contributed by atoms with Gasteiger partial charge in [0, 0.05) is 37.3 Å². The molecule has 0 radical (unpaired) electrons. The van der Waals surface area contributed by atoms with Crippen molar-refractivity contribution in [2.24, 2.45) is 0 Å². The molecule has 1 fully saturated rings. The highest BCUT2D eigenvalue weighted by atomic mass is 19.1. The number of amides is 1. The van der Waals surface area contributed by atoms with Gasteiger partial charge in [-0.25, -0.2) is 4.39 Å². The zero-order valence-electron chi connectivity index (χ0n) is 20.1. The second kappa shape index (κ2) is 10.4. The van der Waals surface area contributed by atoms with Crippen molar-refractivity contribution in [2.75, 3.05) is 20.1 Å². The van der Waals surface area contributed by atoms with Crippen molar-refractivity contribution in [1.82, 2.24) is 14.8 Å². The number of likely N-dealkylation sites (tertiary alicyclic amines) is 1. The summed E-state index contributed by atoms with van der Waals surface area (Å²) in [4.78, 5) is 22.1. The lowest BCUT2D eigenvalue weighted by atomic mass is 10.0. The smallest absolute Gasteiger partial charge is 0.253 e. The second-order valence-electron chi connectivity index (χ2n) is 9.41. The summed E-state index contributed by atoms with van der Waals surface area (Å²) in [6.45, 7) is 3.75. The van der Waals surface area contributed by atoms with Crippen LogP contribution in [0.15, 0.2) is 79.0 Å². The molecule has 4 aromatic rings. The van der Waals surface area contributed by atoms with E-state index in [1.807, 2.05) is 49.6 Å². The molecule has 2 heterocycles. The predicted octanol–water partition coefficient (Wildman–Crippen LogP) is 6.30. The van der Waals surface area contributed by atoms with E-state index >= 15 is 0 Å². The molecule has 5 heteroatoms. The van der Waals surface area contributed by atoms with E-state index in [1.165, 1.54) is 37.0 Å². The van der Waals surface area contributed by atoms with Gasteiger partial charge in [0.25, 0.3) is 5.91 Å². The molecule has 1 saturated heterocycles. The Balaban J connectivity index is 1.29. The molecule has 35 heavy (non-hydrogen) atoms. The molecule has 0 spiro atoms. The lowest BCUT2D eigenvalue weighted by Gasteiger charge is -2.26. The van der Waals surface area contributed by atoms with Crippen LogP contribution in [0.2, 0.25) is 0 Å². The lowest BCUT2D eigenvalue weighted by Crippen LogP contribution is -2.29. The average Bonchev–Trinajstić information content (AvgIpc) is 2.89. The second-order valence-corrected chi connectivity index (χ2v) is 9.41. The number of carbonyl (C=O) groups excluding carboxylic acids is 1. The molecular weight excluding hydrogens is 437 g/mol. The first-order chi connectivity index (χ1) is 17.1. The van der Waals surface area contributed by atoms with Gasteiger partial charge in [-0.2, -0.15) is 0 Å². The van der Waals surface area contributed by atoms with Crippen LogP contribution in [-0.2, 0) is 13.1 Å². The first kappa shape index (κ1) is 23.2. The van der Waals surface area contributed by atoms with Crippen LogP contribution >= 0.6 is 0 Å². The average molecular weight is 468 g/mol. The minimum atomic E-state index is -0.261. The first-order valence-electron chi connectivity index (χ1n) is 12.3. The van der Waals surface area contributed by atoms with Crippen molar-refractivity contribution in [1.29, 1.82) is 0 Å². The van der Waals surface area contributed by atoms with E-state index in [0.717, 1.165) is 47.2 Å². The van der Waals surface area contributed by atoms with Crippen LogP contribution in [0, 0.1) is 5.82 Å². The molecule has 5 rings (SSSR count). The van der Waals surface area contributed by atoms with Crippen molar-refractivity contribution >= 4 is 16.8 Å². The fourth-order valence-electron chi connectivity index (χ4n) is 4.85. The molecule has 3 aromatic carbocycles. The Labute approximate surface area is 206 Å². The Hall–Kier alpha value is -3.57. The largest absolute Gasteiger partial charge is 0.337 e. The van der Waals surface area contributed by atoms with E-state index < -0.39 is 0 Å². The van der Waals surface area contributed by atoms with Gasteiger partial charge in [-0.3, -0.25) is 14.7 Å². The van der Waals surface area contributed by atoms with Gasteiger partial charge in [0.2, 0.25) is 0 Å². The number of piperidine rings is 1. The number of hydrogen-bond donors (Lipinski definition) is 0. The maximum absolute atomic E-state index is 13.2. The molecule has 1 aliphatic rings. The van der Waals surface area contributed by atoms with Crippen LogP contribution in [0.3, 0.4) is 0 Å². The Bertz CT molecular complexity index is 1310. The van der Waals surface area contributed by atoms with Gasteiger partial charge in [0.05, 0.1) is 5.52 Å².